The molecule has 0 aliphatic carbocycles. The Morgan fingerprint density at radius 3 is 2.81 bits per heavy atom. The Morgan fingerprint density at radius 2 is 2.25 bits per heavy atom. The van der Waals surface area contributed by atoms with Crippen molar-refractivity contribution in [2.75, 3.05) is 6.54 Å². The van der Waals surface area contributed by atoms with Crippen LogP contribution in [-0.2, 0) is 7.05 Å². The van der Waals surface area contributed by atoms with E-state index in [4.69, 9.17) is 0 Å². The lowest BCUT2D eigenvalue weighted by Gasteiger charge is -2.32. The van der Waals surface area contributed by atoms with Crippen LogP contribution in [0.1, 0.15) is 42.4 Å². The predicted molar refractivity (Wildman–Crippen MR) is 62.3 cm³/mol. The zero-order valence-corrected chi connectivity index (χ0v) is 10.2. The largest absolute Gasteiger partial charge is 0.335 e. The molecule has 88 valence electrons. The molecular formula is C12H19N3O. The second kappa shape index (κ2) is 4.28. The van der Waals surface area contributed by atoms with Crippen molar-refractivity contribution < 1.29 is 4.79 Å². The second-order valence-electron chi connectivity index (χ2n) is 4.64. The Kier molecular flexibility index (Phi) is 2.99. The molecule has 0 radical (unpaired) electrons. The van der Waals surface area contributed by atoms with Gasteiger partial charge in [-0.25, -0.2) is 0 Å². The van der Waals surface area contributed by atoms with Crippen LogP contribution in [0, 0.1) is 6.92 Å². The molecule has 1 aromatic rings. The van der Waals surface area contributed by atoms with Crippen molar-refractivity contribution in [1.82, 2.24) is 14.7 Å². The van der Waals surface area contributed by atoms with Crippen LogP contribution in [0.5, 0.6) is 0 Å². The smallest absolute Gasteiger partial charge is 0.274 e. The molecule has 4 heteroatoms. The third-order valence-corrected chi connectivity index (χ3v) is 3.40. The minimum absolute atomic E-state index is 0.0795. The average molecular weight is 221 g/mol. The predicted octanol–water partition coefficient (Wildman–Crippen LogP) is 1.74. The summed E-state index contributed by atoms with van der Waals surface area (Å²) in [7, 11) is 1.87. The molecule has 1 fully saturated rings. The van der Waals surface area contributed by atoms with Crippen molar-refractivity contribution in [2.45, 2.75) is 39.2 Å². The number of amides is 1. The van der Waals surface area contributed by atoms with Crippen LogP contribution in [0.3, 0.4) is 0 Å². The molecule has 0 N–H and O–H groups in total. The molecule has 1 amide bonds. The van der Waals surface area contributed by atoms with Crippen LogP contribution in [0.25, 0.3) is 0 Å². The molecule has 0 spiro atoms. The topological polar surface area (TPSA) is 38.1 Å². The van der Waals surface area contributed by atoms with E-state index in [-0.39, 0.29) is 5.91 Å². The first kappa shape index (κ1) is 11.2. The number of carbonyl (C=O) groups is 1. The maximum atomic E-state index is 12.2. The highest BCUT2D eigenvalue weighted by molar-refractivity contribution is 5.92. The number of aryl methyl sites for hydroxylation is 2. The Labute approximate surface area is 96.2 Å². The van der Waals surface area contributed by atoms with E-state index in [1.165, 1.54) is 6.42 Å². The van der Waals surface area contributed by atoms with Crippen LogP contribution >= 0.6 is 0 Å². The fourth-order valence-electron chi connectivity index (χ4n) is 2.21. The fourth-order valence-corrected chi connectivity index (χ4v) is 2.21. The molecule has 1 aliphatic heterocycles. The van der Waals surface area contributed by atoms with Gasteiger partial charge in [-0.2, -0.15) is 5.10 Å². The first-order valence-electron chi connectivity index (χ1n) is 5.91. The van der Waals surface area contributed by atoms with Gasteiger partial charge in [-0.05, 0) is 39.2 Å². The van der Waals surface area contributed by atoms with Crippen molar-refractivity contribution in [3.05, 3.63) is 17.5 Å². The Hall–Kier alpha value is -1.32. The molecular weight excluding hydrogens is 202 g/mol. The lowest BCUT2D eigenvalue weighted by molar-refractivity contribution is 0.0628. The number of nitrogens with zero attached hydrogens (tertiary/aromatic N) is 3. The molecule has 1 saturated heterocycles. The van der Waals surface area contributed by atoms with Crippen molar-refractivity contribution in [3.8, 4) is 0 Å². The van der Waals surface area contributed by atoms with Crippen molar-refractivity contribution in [3.63, 3.8) is 0 Å². The van der Waals surface area contributed by atoms with Crippen molar-refractivity contribution in [2.24, 2.45) is 7.05 Å². The van der Waals surface area contributed by atoms with Crippen molar-refractivity contribution in [1.29, 1.82) is 0 Å². The van der Waals surface area contributed by atoms with Crippen LogP contribution < -0.4 is 0 Å². The lowest BCUT2D eigenvalue weighted by Crippen LogP contribution is -2.42. The summed E-state index contributed by atoms with van der Waals surface area (Å²) in [5, 5.41) is 4.25. The lowest BCUT2D eigenvalue weighted by atomic mass is 10.0. The van der Waals surface area contributed by atoms with Gasteiger partial charge in [-0.1, -0.05) is 0 Å². The molecule has 1 atom stereocenters. The van der Waals surface area contributed by atoms with Gasteiger partial charge in [0.25, 0.3) is 5.91 Å². The van der Waals surface area contributed by atoms with Gasteiger partial charge in [0.05, 0.1) is 0 Å². The maximum absolute atomic E-state index is 12.2. The fraction of sp³-hybridized carbons (Fsp3) is 0.667. The molecule has 2 heterocycles. The third kappa shape index (κ3) is 1.96. The Bertz CT molecular complexity index is 377. The van der Waals surface area contributed by atoms with E-state index in [0.717, 1.165) is 25.1 Å². The first-order valence-corrected chi connectivity index (χ1v) is 5.91. The van der Waals surface area contributed by atoms with Gasteiger partial charge in [-0.3, -0.25) is 9.48 Å². The molecule has 16 heavy (non-hydrogen) atoms. The minimum Gasteiger partial charge on any atom is -0.335 e. The van der Waals surface area contributed by atoms with E-state index in [2.05, 4.69) is 12.0 Å². The third-order valence-electron chi connectivity index (χ3n) is 3.40. The summed E-state index contributed by atoms with van der Waals surface area (Å²) in [6.45, 7) is 4.95. The van der Waals surface area contributed by atoms with Crippen LogP contribution in [0.15, 0.2) is 6.07 Å². The van der Waals surface area contributed by atoms with E-state index in [9.17, 15) is 4.79 Å². The summed E-state index contributed by atoms with van der Waals surface area (Å²) in [5.74, 6) is 0.0795. The highest BCUT2D eigenvalue weighted by atomic mass is 16.2. The van der Waals surface area contributed by atoms with Gasteiger partial charge in [0.2, 0.25) is 0 Å². The number of hydrogen-bond acceptors (Lipinski definition) is 2. The van der Waals surface area contributed by atoms with Crippen molar-refractivity contribution >= 4 is 5.91 Å². The zero-order valence-electron chi connectivity index (χ0n) is 10.2. The van der Waals surface area contributed by atoms with Gasteiger partial charge in [0, 0.05) is 25.3 Å². The van der Waals surface area contributed by atoms with E-state index in [1.807, 2.05) is 24.9 Å². The standard InChI is InChI=1S/C12H19N3O/c1-9-6-4-5-7-15(9)12(16)11-8-10(2)14(3)13-11/h8-9H,4-7H2,1-3H3/t9-/m1/s1. The molecule has 4 nitrogen and oxygen atoms in total. The average Bonchev–Trinajstić information content (AvgIpc) is 2.59. The van der Waals surface area contributed by atoms with Gasteiger partial charge in [0.1, 0.15) is 0 Å². The van der Waals surface area contributed by atoms with Crippen LogP contribution in [0.4, 0.5) is 0 Å². The highest BCUT2D eigenvalue weighted by Gasteiger charge is 2.25. The van der Waals surface area contributed by atoms with Gasteiger partial charge in [0.15, 0.2) is 5.69 Å². The summed E-state index contributed by atoms with van der Waals surface area (Å²) < 4.78 is 1.75. The zero-order chi connectivity index (χ0) is 11.7. The van der Waals surface area contributed by atoms with E-state index >= 15 is 0 Å². The number of carbonyl (C=O) groups excluding carboxylic acids is 1. The summed E-state index contributed by atoms with van der Waals surface area (Å²) in [6.07, 6.45) is 3.45. The Balaban J connectivity index is 2.17. The SMILES string of the molecule is Cc1cc(C(=O)N2CCCC[C@H]2C)nn1C. The maximum Gasteiger partial charge on any atom is 0.274 e. The molecule has 1 aromatic heterocycles. The van der Waals surface area contributed by atoms with Gasteiger partial charge < -0.3 is 4.90 Å². The minimum atomic E-state index is 0.0795. The van der Waals surface area contributed by atoms with Crippen LogP contribution in [-0.4, -0.2) is 33.2 Å². The quantitative estimate of drug-likeness (QED) is 0.724. The monoisotopic (exact) mass is 221 g/mol. The Morgan fingerprint density at radius 1 is 1.50 bits per heavy atom. The van der Waals surface area contributed by atoms with Crippen LogP contribution in [0.2, 0.25) is 0 Å². The van der Waals surface area contributed by atoms with Gasteiger partial charge in [-0.15, -0.1) is 0 Å². The first-order chi connectivity index (χ1) is 7.59. The number of aromatic nitrogens is 2. The summed E-state index contributed by atoms with van der Waals surface area (Å²) in [5.41, 5.74) is 1.60. The highest BCUT2D eigenvalue weighted by Crippen LogP contribution is 2.18. The van der Waals surface area contributed by atoms with E-state index < -0.39 is 0 Å². The summed E-state index contributed by atoms with van der Waals surface area (Å²) in [4.78, 5) is 14.2. The number of hydrogen-bond donors (Lipinski definition) is 0. The summed E-state index contributed by atoms with van der Waals surface area (Å²) in [6, 6.07) is 2.22. The number of piperidine rings is 1. The second-order valence-corrected chi connectivity index (χ2v) is 4.64. The molecule has 2 rings (SSSR count). The molecule has 1 aliphatic rings. The molecule has 0 unspecified atom stereocenters. The molecule has 0 bridgehead atoms. The normalized spacial score (nSPS) is 21.2. The number of likely N-dealkylation sites (tertiary alicyclic amines) is 1. The van der Waals surface area contributed by atoms with E-state index in [1.54, 1.807) is 4.68 Å². The summed E-state index contributed by atoms with van der Waals surface area (Å²) >= 11 is 0. The van der Waals surface area contributed by atoms with E-state index in [0.29, 0.717) is 11.7 Å². The number of rotatable bonds is 1. The molecule has 0 saturated carbocycles. The molecule has 0 aromatic carbocycles. The van der Waals surface area contributed by atoms with Gasteiger partial charge >= 0.3 is 0 Å².